The molecule has 2 amide bonds. The van der Waals surface area contributed by atoms with Gasteiger partial charge < -0.3 is 14.8 Å². The first kappa shape index (κ1) is 22.7. The van der Waals surface area contributed by atoms with Crippen molar-refractivity contribution in [2.45, 2.75) is 31.1 Å². The van der Waals surface area contributed by atoms with E-state index in [4.69, 9.17) is 0 Å². The SMILES string of the molecule is C=CCn1c(CC(=O)Nc2ccccc2F)nnc1SCC(=O)N1CCc2ccccc2C1. The highest BCUT2D eigenvalue weighted by Crippen LogP contribution is 2.22. The number of rotatable bonds is 8. The lowest BCUT2D eigenvalue weighted by Gasteiger charge is -2.28. The fourth-order valence-corrected chi connectivity index (χ4v) is 4.57. The van der Waals surface area contributed by atoms with E-state index in [0.29, 0.717) is 30.6 Å². The van der Waals surface area contributed by atoms with Gasteiger partial charge >= 0.3 is 0 Å². The van der Waals surface area contributed by atoms with Crippen molar-refractivity contribution in [2.24, 2.45) is 0 Å². The Morgan fingerprint density at radius 1 is 1.12 bits per heavy atom. The maximum atomic E-state index is 13.8. The second-order valence-corrected chi connectivity index (χ2v) is 8.57. The van der Waals surface area contributed by atoms with Crippen LogP contribution < -0.4 is 5.32 Å². The van der Waals surface area contributed by atoms with Crippen molar-refractivity contribution in [2.75, 3.05) is 17.6 Å². The van der Waals surface area contributed by atoms with Crippen molar-refractivity contribution in [1.82, 2.24) is 19.7 Å². The van der Waals surface area contributed by atoms with Crippen molar-refractivity contribution in [3.8, 4) is 0 Å². The molecule has 33 heavy (non-hydrogen) atoms. The molecule has 0 saturated carbocycles. The average Bonchev–Trinajstić information content (AvgIpc) is 3.19. The van der Waals surface area contributed by atoms with Gasteiger partial charge in [-0.2, -0.15) is 0 Å². The van der Waals surface area contributed by atoms with E-state index in [1.165, 1.54) is 35.0 Å². The van der Waals surface area contributed by atoms with Gasteiger partial charge in [0.1, 0.15) is 11.6 Å². The van der Waals surface area contributed by atoms with E-state index in [1.54, 1.807) is 22.8 Å². The minimum Gasteiger partial charge on any atom is -0.337 e. The highest BCUT2D eigenvalue weighted by atomic mass is 32.2. The Morgan fingerprint density at radius 2 is 1.88 bits per heavy atom. The quantitative estimate of drug-likeness (QED) is 0.407. The molecule has 0 spiro atoms. The highest BCUT2D eigenvalue weighted by Gasteiger charge is 2.22. The molecule has 1 aliphatic heterocycles. The summed E-state index contributed by atoms with van der Waals surface area (Å²) in [6.45, 7) is 5.45. The van der Waals surface area contributed by atoms with Crippen LogP contribution in [0.2, 0.25) is 0 Å². The predicted molar refractivity (Wildman–Crippen MR) is 125 cm³/mol. The Hall–Kier alpha value is -3.46. The molecule has 2 aromatic carbocycles. The molecule has 0 saturated heterocycles. The lowest BCUT2D eigenvalue weighted by Crippen LogP contribution is -2.37. The summed E-state index contributed by atoms with van der Waals surface area (Å²) in [5.41, 5.74) is 2.58. The van der Waals surface area contributed by atoms with Crippen molar-refractivity contribution in [3.05, 3.63) is 84.0 Å². The van der Waals surface area contributed by atoms with Crippen LogP contribution >= 0.6 is 11.8 Å². The number of carbonyl (C=O) groups is 2. The number of nitrogens with one attached hydrogen (secondary N) is 1. The van der Waals surface area contributed by atoms with Crippen molar-refractivity contribution in [1.29, 1.82) is 0 Å². The number of fused-ring (bicyclic) bond motifs is 1. The zero-order valence-corrected chi connectivity index (χ0v) is 18.9. The Balaban J connectivity index is 1.38. The van der Waals surface area contributed by atoms with Crippen LogP contribution in [0.25, 0.3) is 0 Å². The molecule has 0 fully saturated rings. The molecule has 170 valence electrons. The molecule has 3 aromatic rings. The van der Waals surface area contributed by atoms with Gasteiger partial charge in [-0.05, 0) is 29.7 Å². The van der Waals surface area contributed by atoms with E-state index in [9.17, 15) is 14.0 Å². The molecule has 2 heterocycles. The van der Waals surface area contributed by atoms with E-state index in [0.717, 1.165) is 6.42 Å². The summed E-state index contributed by atoms with van der Waals surface area (Å²) in [5, 5.41) is 11.4. The normalized spacial score (nSPS) is 12.8. The second-order valence-electron chi connectivity index (χ2n) is 7.63. The molecule has 0 unspecified atom stereocenters. The highest BCUT2D eigenvalue weighted by molar-refractivity contribution is 7.99. The molecular weight excluding hydrogens is 441 g/mol. The first-order valence-electron chi connectivity index (χ1n) is 10.6. The predicted octanol–water partition coefficient (Wildman–Crippen LogP) is 3.46. The monoisotopic (exact) mass is 465 g/mol. The Bertz CT molecular complexity index is 1180. The molecule has 0 aliphatic carbocycles. The van der Waals surface area contributed by atoms with Crippen molar-refractivity contribution < 1.29 is 14.0 Å². The van der Waals surface area contributed by atoms with Gasteiger partial charge in [-0.15, -0.1) is 16.8 Å². The third-order valence-corrected chi connectivity index (χ3v) is 6.33. The van der Waals surface area contributed by atoms with Crippen LogP contribution in [0.4, 0.5) is 10.1 Å². The van der Waals surface area contributed by atoms with Gasteiger partial charge in [0.25, 0.3) is 0 Å². The number of para-hydroxylation sites is 1. The zero-order chi connectivity index (χ0) is 23.2. The molecule has 4 rings (SSSR count). The molecule has 1 N–H and O–H groups in total. The number of nitrogens with zero attached hydrogens (tertiary/aromatic N) is 4. The molecular formula is C24H24FN5O2S. The van der Waals surface area contributed by atoms with Crippen LogP contribution in [0, 0.1) is 5.82 Å². The van der Waals surface area contributed by atoms with Crippen molar-refractivity contribution in [3.63, 3.8) is 0 Å². The van der Waals surface area contributed by atoms with Crippen LogP contribution in [-0.4, -0.2) is 43.8 Å². The molecule has 1 aliphatic rings. The topological polar surface area (TPSA) is 80.1 Å². The fraction of sp³-hybridized carbons (Fsp3) is 0.250. The number of thioether (sulfide) groups is 1. The van der Waals surface area contributed by atoms with E-state index < -0.39 is 11.7 Å². The summed E-state index contributed by atoms with van der Waals surface area (Å²) in [5.74, 6) is -0.239. The second kappa shape index (κ2) is 10.4. The summed E-state index contributed by atoms with van der Waals surface area (Å²) in [6.07, 6.45) is 2.45. The summed E-state index contributed by atoms with van der Waals surface area (Å²) >= 11 is 1.28. The van der Waals surface area contributed by atoms with Crippen LogP contribution in [0.1, 0.15) is 17.0 Å². The number of amides is 2. The lowest BCUT2D eigenvalue weighted by molar-refractivity contribution is -0.129. The molecule has 0 atom stereocenters. The molecule has 7 nitrogen and oxygen atoms in total. The third-order valence-electron chi connectivity index (χ3n) is 5.38. The van der Waals surface area contributed by atoms with Gasteiger partial charge in [-0.25, -0.2) is 4.39 Å². The van der Waals surface area contributed by atoms with Crippen LogP contribution in [-0.2, 0) is 35.5 Å². The number of hydrogen-bond acceptors (Lipinski definition) is 5. The minimum atomic E-state index is -0.506. The number of carbonyl (C=O) groups excluding carboxylic acids is 2. The van der Waals surface area contributed by atoms with Gasteiger partial charge in [0, 0.05) is 19.6 Å². The lowest BCUT2D eigenvalue weighted by atomic mass is 10.00. The zero-order valence-electron chi connectivity index (χ0n) is 18.0. The molecule has 0 radical (unpaired) electrons. The Kier molecular flexibility index (Phi) is 7.19. The number of aromatic nitrogens is 3. The smallest absolute Gasteiger partial charge is 0.233 e. The summed E-state index contributed by atoms with van der Waals surface area (Å²) in [6, 6.07) is 14.1. The van der Waals surface area contributed by atoms with Crippen LogP contribution in [0.15, 0.2) is 66.3 Å². The summed E-state index contributed by atoms with van der Waals surface area (Å²) in [7, 11) is 0. The largest absolute Gasteiger partial charge is 0.337 e. The van der Waals surface area contributed by atoms with Gasteiger partial charge in [0.2, 0.25) is 11.8 Å². The molecule has 0 bridgehead atoms. The third kappa shape index (κ3) is 5.48. The van der Waals surface area contributed by atoms with Crippen molar-refractivity contribution >= 4 is 29.3 Å². The van der Waals surface area contributed by atoms with E-state index in [-0.39, 0.29) is 23.8 Å². The number of allylic oxidation sites excluding steroid dienone is 1. The Labute approximate surface area is 195 Å². The standard InChI is InChI=1S/C24H24FN5O2S/c1-2-12-30-21(14-22(31)26-20-10-6-5-9-19(20)25)27-28-24(30)33-16-23(32)29-13-11-17-7-3-4-8-18(17)15-29/h2-10H,1,11-16H2,(H,26,31). The average molecular weight is 466 g/mol. The first-order chi connectivity index (χ1) is 16.0. The van der Waals surface area contributed by atoms with Gasteiger partial charge in [0.05, 0.1) is 17.9 Å². The summed E-state index contributed by atoms with van der Waals surface area (Å²) in [4.78, 5) is 27.1. The maximum Gasteiger partial charge on any atom is 0.233 e. The molecule has 9 heteroatoms. The summed E-state index contributed by atoms with van der Waals surface area (Å²) < 4.78 is 15.6. The van der Waals surface area contributed by atoms with E-state index >= 15 is 0 Å². The van der Waals surface area contributed by atoms with Crippen LogP contribution in [0.5, 0.6) is 0 Å². The maximum absolute atomic E-state index is 13.8. The molecule has 1 aromatic heterocycles. The van der Waals surface area contributed by atoms with E-state index in [2.05, 4.69) is 34.2 Å². The first-order valence-corrected chi connectivity index (χ1v) is 11.6. The number of anilines is 1. The minimum absolute atomic E-state index is 0.0292. The van der Waals surface area contributed by atoms with Gasteiger partial charge in [0.15, 0.2) is 5.16 Å². The Morgan fingerprint density at radius 3 is 2.67 bits per heavy atom. The number of hydrogen-bond donors (Lipinski definition) is 1. The van der Waals surface area contributed by atoms with E-state index in [1.807, 2.05) is 17.0 Å². The van der Waals surface area contributed by atoms with Gasteiger partial charge in [-0.1, -0.05) is 54.2 Å². The van der Waals surface area contributed by atoms with Gasteiger partial charge in [-0.3, -0.25) is 9.59 Å². The number of halogens is 1. The van der Waals surface area contributed by atoms with Crippen LogP contribution in [0.3, 0.4) is 0 Å². The fourth-order valence-electron chi connectivity index (χ4n) is 3.70. The number of benzene rings is 2.